The third kappa shape index (κ3) is 2.25. The van der Waals surface area contributed by atoms with Gasteiger partial charge in [-0.05, 0) is 53.9 Å². The second-order valence-electron chi connectivity index (χ2n) is 6.75. The van der Waals surface area contributed by atoms with Crippen molar-refractivity contribution in [3.05, 3.63) is 103 Å². The minimum absolute atomic E-state index is 1.18. The lowest BCUT2D eigenvalue weighted by Crippen LogP contribution is -2.13. The molecule has 4 aromatic carbocycles. The van der Waals surface area contributed by atoms with Crippen LogP contribution in [0.4, 0.5) is 17.1 Å². The van der Waals surface area contributed by atoms with E-state index in [1.807, 2.05) is 0 Å². The highest BCUT2D eigenvalue weighted by atomic mass is 15.1. The molecule has 26 heavy (non-hydrogen) atoms. The van der Waals surface area contributed by atoms with Crippen LogP contribution >= 0.6 is 0 Å². The number of rotatable bonds is 3. The molecule has 0 saturated carbocycles. The number of hydrogen-bond acceptors (Lipinski definition) is 1. The molecule has 1 nitrogen and oxygen atoms in total. The lowest BCUT2D eigenvalue weighted by molar-refractivity contribution is 1.27. The van der Waals surface area contributed by atoms with Crippen molar-refractivity contribution >= 4 is 17.1 Å². The Morgan fingerprint density at radius 1 is 0.500 bits per heavy atom. The third-order valence-corrected chi connectivity index (χ3v) is 5.08. The van der Waals surface area contributed by atoms with Gasteiger partial charge in [0.2, 0.25) is 0 Å². The molecule has 124 valence electrons. The van der Waals surface area contributed by atoms with Gasteiger partial charge in [-0.2, -0.15) is 0 Å². The second kappa shape index (κ2) is 5.89. The monoisotopic (exact) mass is 333 g/mol. The van der Waals surface area contributed by atoms with E-state index in [9.17, 15) is 0 Å². The van der Waals surface area contributed by atoms with Gasteiger partial charge in [-0.25, -0.2) is 0 Å². The number of para-hydroxylation sites is 1. The quantitative estimate of drug-likeness (QED) is 0.340. The lowest BCUT2D eigenvalue weighted by atomic mass is 9.79. The summed E-state index contributed by atoms with van der Waals surface area (Å²) in [6, 6.07) is 34.6. The number of anilines is 3. The Hall–Kier alpha value is -3.32. The van der Waals surface area contributed by atoms with Crippen LogP contribution in [0.5, 0.6) is 0 Å². The van der Waals surface area contributed by atoms with E-state index in [0.29, 0.717) is 0 Å². The lowest BCUT2D eigenvalue weighted by Gasteiger charge is -2.33. The SMILES string of the molecule is Cc1ccc(N(c2ccccc2)c2cccc3c2-c2ccccc2-3)cc1. The van der Waals surface area contributed by atoms with Crippen LogP contribution in [0.2, 0.25) is 0 Å². The maximum atomic E-state index is 2.36. The highest BCUT2D eigenvalue weighted by Gasteiger charge is 2.27. The van der Waals surface area contributed by atoms with Gasteiger partial charge in [-0.15, -0.1) is 0 Å². The molecule has 0 unspecified atom stereocenters. The van der Waals surface area contributed by atoms with Crippen LogP contribution in [0, 0.1) is 6.92 Å². The topological polar surface area (TPSA) is 3.24 Å². The number of benzene rings is 4. The highest BCUT2D eigenvalue weighted by Crippen LogP contribution is 2.53. The van der Waals surface area contributed by atoms with Gasteiger partial charge in [0.15, 0.2) is 0 Å². The minimum atomic E-state index is 1.18. The fourth-order valence-corrected chi connectivity index (χ4v) is 3.81. The van der Waals surface area contributed by atoms with E-state index in [-0.39, 0.29) is 0 Å². The molecule has 0 N–H and O–H groups in total. The number of hydrogen-bond donors (Lipinski definition) is 0. The molecular weight excluding hydrogens is 314 g/mol. The molecule has 0 aliphatic heterocycles. The van der Waals surface area contributed by atoms with Crippen LogP contribution in [0.3, 0.4) is 0 Å². The third-order valence-electron chi connectivity index (χ3n) is 5.08. The van der Waals surface area contributed by atoms with Crippen molar-refractivity contribution in [2.75, 3.05) is 4.90 Å². The standard InChI is InChI=1S/C25H19N/c1-18-14-16-20(17-15-18)26(19-8-3-2-4-9-19)24-13-7-12-23-21-10-5-6-11-22(21)25(23)24/h2-17H,1H3. The Morgan fingerprint density at radius 3 is 1.88 bits per heavy atom. The summed E-state index contributed by atoms with van der Waals surface area (Å²) in [5.74, 6) is 0. The van der Waals surface area contributed by atoms with E-state index in [1.54, 1.807) is 0 Å². The molecule has 0 fully saturated rings. The summed E-state index contributed by atoms with van der Waals surface area (Å²) >= 11 is 0. The summed E-state index contributed by atoms with van der Waals surface area (Å²) in [4.78, 5) is 2.36. The summed E-state index contributed by atoms with van der Waals surface area (Å²) in [5, 5.41) is 0. The van der Waals surface area contributed by atoms with Gasteiger partial charge in [0, 0.05) is 16.9 Å². The summed E-state index contributed by atoms with van der Waals surface area (Å²) in [5.41, 5.74) is 10.2. The average Bonchev–Trinajstić information content (AvgIpc) is 2.68. The molecule has 0 radical (unpaired) electrons. The fraction of sp³-hybridized carbons (Fsp3) is 0.0400. The Bertz CT molecular complexity index is 1080. The molecule has 0 heterocycles. The molecule has 4 aromatic rings. The van der Waals surface area contributed by atoms with Gasteiger partial charge in [-0.3, -0.25) is 0 Å². The normalized spacial score (nSPS) is 11.3. The van der Waals surface area contributed by atoms with Crippen molar-refractivity contribution in [2.24, 2.45) is 0 Å². The van der Waals surface area contributed by atoms with Crippen molar-refractivity contribution in [1.82, 2.24) is 0 Å². The van der Waals surface area contributed by atoms with Gasteiger partial charge in [-0.1, -0.05) is 72.3 Å². The van der Waals surface area contributed by atoms with Crippen LogP contribution in [0.15, 0.2) is 97.1 Å². The van der Waals surface area contributed by atoms with Crippen LogP contribution in [0.1, 0.15) is 5.56 Å². The van der Waals surface area contributed by atoms with Gasteiger partial charge < -0.3 is 4.90 Å². The molecule has 1 aliphatic rings. The Morgan fingerprint density at radius 2 is 1.12 bits per heavy atom. The van der Waals surface area contributed by atoms with E-state index < -0.39 is 0 Å². The van der Waals surface area contributed by atoms with Crippen molar-refractivity contribution in [3.63, 3.8) is 0 Å². The molecular formula is C25H19N. The number of fused-ring (bicyclic) bond motifs is 4. The predicted molar refractivity (Wildman–Crippen MR) is 110 cm³/mol. The molecule has 0 saturated heterocycles. The van der Waals surface area contributed by atoms with Gasteiger partial charge >= 0.3 is 0 Å². The maximum Gasteiger partial charge on any atom is 0.0546 e. The molecule has 0 atom stereocenters. The first kappa shape index (κ1) is 15.0. The van der Waals surface area contributed by atoms with E-state index >= 15 is 0 Å². The van der Waals surface area contributed by atoms with E-state index in [0.717, 1.165) is 0 Å². The summed E-state index contributed by atoms with van der Waals surface area (Å²) in [7, 11) is 0. The Balaban J connectivity index is 1.73. The summed E-state index contributed by atoms with van der Waals surface area (Å²) < 4.78 is 0. The second-order valence-corrected chi connectivity index (χ2v) is 6.75. The largest absolute Gasteiger partial charge is 0.310 e. The molecule has 1 aliphatic carbocycles. The summed E-state index contributed by atoms with van der Waals surface area (Å²) in [6.45, 7) is 2.13. The predicted octanol–water partition coefficient (Wildman–Crippen LogP) is 7.11. The van der Waals surface area contributed by atoms with Crippen LogP contribution < -0.4 is 4.90 Å². The molecule has 0 aromatic heterocycles. The molecule has 0 bridgehead atoms. The first-order valence-electron chi connectivity index (χ1n) is 8.97. The fourth-order valence-electron chi connectivity index (χ4n) is 3.81. The van der Waals surface area contributed by atoms with Crippen LogP contribution in [-0.4, -0.2) is 0 Å². The maximum absolute atomic E-state index is 2.36. The average molecular weight is 333 g/mol. The smallest absolute Gasteiger partial charge is 0.0546 e. The number of nitrogens with zero attached hydrogens (tertiary/aromatic N) is 1. The van der Waals surface area contributed by atoms with E-state index in [1.165, 1.54) is 44.9 Å². The van der Waals surface area contributed by atoms with Crippen molar-refractivity contribution in [2.45, 2.75) is 6.92 Å². The highest BCUT2D eigenvalue weighted by molar-refractivity contribution is 6.09. The molecule has 1 heteroatoms. The Labute approximate surface area is 154 Å². The van der Waals surface area contributed by atoms with Gasteiger partial charge in [0.05, 0.1) is 5.69 Å². The zero-order chi connectivity index (χ0) is 17.5. The van der Waals surface area contributed by atoms with Gasteiger partial charge in [0.1, 0.15) is 0 Å². The minimum Gasteiger partial charge on any atom is -0.310 e. The number of aryl methyl sites for hydroxylation is 1. The summed E-state index contributed by atoms with van der Waals surface area (Å²) in [6.07, 6.45) is 0. The van der Waals surface area contributed by atoms with E-state index in [2.05, 4.69) is 109 Å². The molecule has 0 spiro atoms. The first-order chi connectivity index (χ1) is 12.8. The van der Waals surface area contributed by atoms with Crippen molar-refractivity contribution in [3.8, 4) is 22.3 Å². The Kier molecular flexibility index (Phi) is 3.39. The molecule has 0 amide bonds. The van der Waals surface area contributed by atoms with Crippen molar-refractivity contribution in [1.29, 1.82) is 0 Å². The van der Waals surface area contributed by atoms with Crippen LogP contribution in [-0.2, 0) is 0 Å². The van der Waals surface area contributed by atoms with Gasteiger partial charge in [0.25, 0.3) is 0 Å². The first-order valence-corrected chi connectivity index (χ1v) is 8.97. The zero-order valence-corrected chi connectivity index (χ0v) is 14.7. The van der Waals surface area contributed by atoms with Crippen LogP contribution in [0.25, 0.3) is 22.3 Å². The molecule has 5 rings (SSSR count). The van der Waals surface area contributed by atoms with E-state index in [4.69, 9.17) is 0 Å². The van der Waals surface area contributed by atoms with Crippen molar-refractivity contribution < 1.29 is 0 Å². The zero-order valence-electron chi connectivity index (χ0n) is 14.7.